The van der Waals surface area contributed by atoms with Crippen molar-refractivity contribution in [3.05, 3.63) is 59.7 Å². The Bertz CT molecular complexity index is 684. The van der Waals surface area contributed by atoms with Gasteiger partial charge in [0.2, 0.25) is 0 Å². The number of benzene rings is 2. The molecule has 3 N–H and O–H groups in total. The molecule has 0 heterocycles. The third-order valence-electron chi connectivity index (χ3n) is 3.98. The maximum atomic E-state index is 12.0. The van der Waals surface area contributed by atoms with Gasteiger partial charge in [0.1, 0.15) is 0 Å². The predicted molar refractivity (Wildman–Crippen MR) is 99.0 cm³/mol. The van der Waals surface area contributed by atoms with Crippen molar-refractivity contribution in [1.82, 2.24) is 5.32 Å². The summed E-state index contributed by atoms with van der Waals surface area (Å²) in [6.07, 6.45) is 0. The number of methoxy groups -OCH3 is 1. The smallest absolute Gasteiger partial charge is 0.258 e. The summed E-state index contributed by atoms with van der Waals surface area (Å²) in [5.74, 6) is 1.39. The van der Waals surface area contributed by atoms with E-state index in [1.54, 1.807) is 19.2 Å². The molecule has 5 nitrogen and oxygen atoms in total. The molecule has 1 amide bonds. The first kappa shape index (κ1) is 18.8. The van der Waals surface area contributed by atoms with Crippen molar-refractivity contribution < 1.29 is 14.3 Å². The van der Waals surface area contributed by atoms with E-state index in [0.717, 1.165) is 5.56 Å². The second kappa shape index (κ2) is 9.08. The summed E-state index contributed by atoms with van der Waals surface area (Å²) >= 11 is 0. The summed E-state index contributed by atoms with van der Waals surface area (Å²) in [7, 11) is 1.56. The highest BCUT2D eigenvalue weighted by Crippen LogP contribution is 2.25. The van der Waals surface area contributed by atoms with Crippen LogP contribution in [0.25, 0.3) is 0 Å². The lowest BCUT2D eigenvalue weighted by molar-refractivity contribution is -0.123. The SMILES string of the molecule is COc1ccccc1OCC(=O)NCC(N)c1ccc(C(C)C)cc1. The second-order valence-electron chi connectivity index (χ2n) is 6.17. The van der Waals surface area contributed by atoms with E-state index in [2.05, 4.69) is 31.3 Å². The van der Waals surface area contributed by atoms with Crippen molar-refractivity contribution in [2.45, 2.75) is 25.8 Å². The molecule has 0 spiro atoms. The molecule has 0 aliphatic rings. The molecule has 2 rings (SSSR count). The Morgan fingerprint density at radius 3 is 2.24 bits per heavy atom. The molecule has 2 aromatic rings. The molecule has 0 saturated heterocycles. The number of nitrogens with one attached hydrogen (secondary N) is 1. The number of ether oxygens (including phenoxy) is 2. The highest BCUT2D eigenvalue weighted by molar-refractivity contribution is 5.77. The van der Waals surface area contributed by atoms with Gasteiger partial charge in [-0.1, -0.05) is 50.2 Å². The number of amides is 1. The zero-order chi connectivity index (χ0) is 18.2. The van der Waals surface area contributed by atoms with Crippen LogP contribution in [0.1, 0.15) is 36.9 Å². The average molecular weight is 342 g/mol. The standard InChI is InChI=1S/C20H26N2O3/c1-14(2)15-8-10-16(11-9-15)17(21)12-22-20(23)13-25-19-7-5-4-6-18(19)24-3/h4-11,14,17H,12-13,21H2,1-3H3,(H,22,23). The number of nitrogens with two attached hydrogens (primary N) is 1. The van der Waals surface area contributed by atoms with Gasteiger partial charge in [-0.25, -0.2) is 0 Å². The van der Waals surface area contributed by atoms with Crippen molar-refractivity contribution in [3.63, 3.8) is 0 Å². The second-order valence-corrected chi connectivity index (χ2v) is 6.17. The first-order valence-electron chi connectivity index (χ1n) is 8.39. The fourth-order valence-corrected chi connectivity index (χ4v) is 2.40. The van der Waals surface area contributed by atoms with E-state index in [9.17, 15) is 4.79 Å². The number of carbonyl (C=O) groups excluding carboxylic acids is 1. The zero-order valence-electron chi connectivity index (χ0n) is 15.0. The molecule has 5 heteroatoms. The Balaban J connectivity index is 1.81. The van der Waals surface area contributed by atoms with Crippen LogP contribution in [0.3, 0.4) is 0 Å². The Morgan fingerprint density at radius 1 is 1.04 bits per heavy atom. The molecule has 1 atom stereocenters. The van der Waals surface area contributed by atoms with Gasteiger partial charge in [0.25, 0.3) is 5.91 Å². The third kappa shape index (κ3) is 5.50. The molecule has 1 unspecified atom stereocenters. The van der Waals surface area contributed by atoms with Crippen molar-refractivity contribution in [2.75, 3.05) is 20.3 Å². The molecule has 134 valence electrons. The Kier molecular flexibility index (Phi) is 6.83. The van der Waals surface area contributed by atoms with Gasteiger partial charge >= 0.3 is 0 Å². The summed E-state index contributed by atoms with van der Waals surface area (Å²) in [6, 6.07) is 15.1. The van der Waals surface area contributed by atoms with Crippen LogP contribution in [0.2, 0.25) is 0 Å². The minimum Gasteiger partial charge on any atom is -0.493 e. The highest BCUT2D eigenvalue weighted by Gasteiger charge is 2.10. The van der Waals surface area contributed by atoms with Crippen molar-refractivity contribution in [2.24, 2.45) is 5.73 Å². The molecule has 2 aromatic carbocycles. The Hall–Kier alpha value is -2.53. The quantitative estimate of drug-likeness (QED) is 0.773. The molecule has 0 aliphatic heterocycles. The van der Waals surface area contributed by atoms with E-state index >= 15 is 0 Å². The van der Waals surface area contributed by atoms with Gasteiger partial charge < -0.3 is 20.5 Å². The van der Waals surface area contributed by atoms with Gasteiger partial charge in [0.15, 0.2) is 18.1 Å². The van der Waals surface area contributed by atoms with Crippen LogP contribution in [0.5, 0.6) is 11.5 Å². The van der Waals surface area contributed by atoms with Gasteiger partial charge in [-0.3, -0.25) is 4.79 Å². The van der Waals surface area contributed by atoms with E-state index in [0.29, 0.717) is 24.0 Å². The normalized spacial score (nSPS) is 11.9. The fourth-order valence-electron chi connectivity index (χ4n) is 2.40. The monoisotopic (exact) mass is 342 g/mol. The summed E-state index contributed by atoms with van der Waals surface area (Å²) in [5.41, 5.74) is 8.41. The maximum absolute atomic E-state index is 12.0. The topological polar surface area (TPSA) is 73.6 Å². The molecular weight excluding hydrogens is 316 g/mol. The van der Waals surface area contributed by atoms with E-state index < -0.39 is 0 Å². The number of carbonyl (C=O) groups is 1. The zero-order valence-corrected chi connectivity index (χ0v) is 15.0. The van der Waals surface area contributed by atoms with Gasteiger partial charge in [0.05, 0.1) is 7.11 Å². The fraction of sp³-hybridized carbons (Fsp3) is 0.350. The molecule has 0 fully saturated rings. The Labute approximate surface area is 149 Å². The van der Waals surface area contributed by atoms with Gasteiger partial charge in [-0.2, -0.15) is 0 Å². The minimum absolute atomic E-state index is 0.0839. The molecule has 25 heavy (non-hydrogen) atoms. The number of hydrogen-bond donors (Lipinski definition) is 2. The van der Waals surface area contributed by atoms with E-state index in [-0.39, 0.29) is 18.6 Å². The van der Waals surface area contributed by atoms with Crippen LogP contribution < -0.4 is 20.5 Å². The lowest BCUT2D eigenvalue weighted by Gasteiger charge is -2.15. The van der Waals surface area contributed by atoms with Crippen LogP contribution >= 0.6 is 0 Å². The van der Waals surface area contributed by atoms with E-state index in [1.807, 2.05) is 24.3 Å². The number of hydrogen-bond acceptors (Lipinski definition) is 4. The molecule has 0 aromatic heterocycles. The first-order valence-corrected chi connectivity index (χ1v) is 8.39. The van der Waals surface area contributed by atoms with Crippen molar-refractivity contribution >= 4 is 5.91 Å². The first-order chi connectivity index (χ1) is 12.0. The molecular formula is C20H26N2O3. The van der Waals surface area contributed by atoms with Gasteiger partial charge in [0, 0.05) is 12.6 Å². The molecule has 0 aliphatic carbocycles. The van der Waals surface area contributed by atoms with Crippen LogP contribution in [0.15, 0.2) is 48.5 Å². The lowest BCUT2D eigenvalue weighted by atomic mass is 9.99. The number of rotatable bonds is 8. The largest absolute Gasteiger partial charge is 0.493 e. The molecule has 0 radical (unpaired) electrons. The molecule has 0 saturated carbocycles. The Morgan fingerprint density at radius 2 is 1.64 bits per heavy atom. The van der Waals surface area contributed by atoms with Crippen LogP contribution in [-0.4, -0.2) is 26.2 Å². The third-order valence-corrected chi connectivity index (χ3v) is 3.98. The lowest BCUT2D eigenvalue weighted by Crippen LogP contribution is -2.35. The van der Waals surface area contributed by atoms with Crippen LogP contribution in [-0.2, 0) is 4.79 Å². The summed E-state index contributed by atoms with van der Waals surface area (Å²) in [4.78, 5) is 12.0. The summed E-state index contributed by atoms with van der Waals surface area (Å²) < 4.78 is 10.7. The average Bonchev–Trinajstić information content (AvgIpc) is 2.64. The van der Waals surface area contributed by atoms with Gasteiger partial charge in [-0.15, -0.1) is 0 Å². The minimum atomic E-state index is -0.253. The van der Waals surface area contributed by atoms with Gasteiger partial charge in [-0.05, 0) is 29.2 Å². The number of para-hydroxylation sites is 2. The van der Waals surface area contributed by atoms with E-state index in [4.69, 9.17) is 15.2 Å². The summed E-state index contributed by atoms with van der Waals surface area (Å²) in [5, 5.41) is 2.80. The molecule has 0 bridgehead atoms. The van der Waals surface area contributed by atoms with Crippen molar-refractivity contribution in [1.29, 1.82) is 0 Å². The van der Waals surface area contributed by atoms with Crippen LogP contribution in [0.4, 0.5) is 0 Å². The van der Waals surface area contributed by atoms with E-state index in [1.165, 1.54) is 5.56 Å². The summed E-state index contributed by atoms with van der Waals surface area (Å²) in [6.45, 7) is 4.57. The highest BCUT2D eigenvalue weighted by atomic mass is 16.5. The maximum Gasteiger partial charge on any atom is 0.258 e. The van der Waals surface area contributed by atoms with Crippen molar-refractivity contribution in [3.8, 4) is 11.5 Å². The van der Waals surface area contributed by atoms with Crippen LogP contribution in [0, 0.1) is 0 Å². The predicted octanol–water partition coefficient (Wildman–Crippen LogP) is 3.01.